The van der Waals surface area contributed by atoms with Gasteiger partial charge in [-0.2, -0.15) is 18.4 Å². The second kappa shape index (κ2) is 7.26. The van der Waals surface area contributed by atoms with Crippen LogP contribution in [0.2, 0.25) is 0 Å². The maximum atomic E-state index is 10.6. The number of nitriles is 1. The van der Waals surface area contributed by atoms with Gasteiger partial charge in [0.1, 0.15) is 0 Å². The first-order chi connectivity index (χ1) is 10.6. The number of carboxylic acid groups (broad SMARTS) is 1. The molecule has 0 unspecified atom stereocenters. The van der Waals surface area contributed by atoms with Crippen LogP contribution in [0.1, 0.15) is 16.8 Å². The molecule has 3 N–H and O–H groups in total. The van der Waals surface area contributed by atoms with E-state index in [2.05, 4.69) is 16.4 Å². The minimum absolute atomic E-state index is 0.452. The molecule has 0 aliphatic heterocycles. The first-order valence-electron chi connectivity index (χ1n) is 6.10. The molecule has 10 heteroatoms. The molecule has 0 atom stereocenters. The van der Waals surface area contributed by atoms with E-state index in [0.717, 1.165) is 11.3 Å². The van der Waals surface area contributed by atoms with Gasteiger partial charge in [-0.3, -0.25) is 0 Å². The average molecular weight is 327 g/mol. The van der Waals surface area contributed by atoms with Gasteiger partial charge in [0, 0.05) is 0 Å². The molecule has 0 fully saturated rings. The summed E-state index contributed by atoms with van der Waals surface area (Å²) in [6, 6.07) is 9.44. The zero-order chi connectivity index (χ0) is 17.6. The fourth-order valence-corrected chi connectivity index (χ4v) is 1.38. The van der Waals surface area contributed by atoms with Crippen LogP contribution in [0, 0.1) is 18.3 Å². The van der Waals surface area contributed by atoms with Gasteiger partial charge >= 0.3 is 12.1 Å². The molecule has 2 aromatic rings. The summed E-state index contributed by atoms with van der Waals surface area (Å²) in [5.74, 6) is -2.30. The van der Waals surface area contributed by atoms with Crippen LogP contribution in [0.5, 0.6) is 0 Å². The number of hydrogen-bond acceptors (Lipinski definition) is 5. The van der Waals surface area contributed by atoms with Crippen LogP contribution in [0.4, 0.5) is 19.0 Å². The summed E-state index contributed by atoms with van der Waals surface area (Å²) in [5.41, 5.74) is 8.17. The Balaban J connectivity index is 0.000000322. The monoisotopic (exact) mass is 327 g/mol. The standard InChI is InChI=1S/C11H11N5.C2HF3O2/c1-8-11(13)14-15-16(8)7-10-4-2-9(6-12)3-5-10;3-2(4,5)1(6)7/h2-5H,7,13H2,1H3;(H,6,7). The molecule has 0 saturated carbocycles. The number of hydrogen-bond donors (Lipinski definition) is 2. The molecule has 23 heavy (non-hydrogen) atoms. The van der Waals surface area contributed by atoms with Gasteiger partial charge in [-0.05, 0) is 24.6 Å². The highest BCUT2D eigenvalue weighted by molar-refractivity contribution is 5.73. The molecule has 0 radical (unpaired) electrons. The van der Waals surface area contributed by atoms with Crippen molar-refractivity contribution in [2.24, 2.45) is 0 Å². The van der Waals surface area contributed by atoms with Gasteiger partial charge in [0.25, 0.3) is 0 Å². The van der Waals surface area contributed by atoms with Crippen molar-refractivity contribution in [3.63, 3.8) is 0 Å². The van der Waals surface area contributed by atoms with Crippen molar-refractivity contribution in [3.05, 3.63) is 41.1 Å². The lowest BCUT2D eigenvalue weighted by Crippen LogP contribution is -2.21. The molecule has 1 heterocycles. The minimum Gasteiger partial charge on any atom is -0.475 e. The number of anilines is 1. The Bertz CT molecular complexity index is 717. The number of nitrogens with two attached hydrogens (primary N) is 1. The van der Waals surface area contributed by atoms with E-state index in [1.54, 1.807) is 16.8 Å². The van der Waals surface area contributed by atoms with E-state index in [1.807, 2.05) is 19.1 Å². The van der Waals surface area contributed by atoms with Crippen molar-refractivity contribution in [1.82, 2.24) is 15.0 Å². The number of benzene rings is 1. The van der Waals surface area contributed by atoms with Crippen molar-refractivity contribution < 1.29 is 23.1 Å². The first-order valence-corrected chi connectivity index (χ1v) is 6.10. The minimum atomic E-state index is -5.08. The van der Waals surface area contributed by atoms with Gasteiger partial charge in [-0.25, -0.2) is 9.48 Å². The van der Waals surface area contributed by atoms with Crippen LogP contribution in [-0.2, 0) is 11.3 Å². The van der Waals surface area contributed by atoms with Gasteiger partial charge in [-0.1, -0.05) is 17.3 Å². The van der Waals surface area contributed by atoms with Gasteiger partial charge in [0.15, 0.2) is 5.82 Å². The zero-order valence-corrected chi connectivity index (χ0v) is 11.9. The molecule has 1 aromatic heterocycles. The second-order valence-corrected chi connectivity index (χ2v) is 4.33. The summed E-state index contributed by atoms with van der Waals surface area (Å²) in [5, 5.41) is 23.5. The number of rotatable bonds is 2. The Morgan fingerprint density at radius 1 is 1.39 bits per heavy atom. The summed E-state index contributed by atoms with van der Waals surface area (Å²) < 4.78 is 33.5. The fourth-order valence-electron chi connectivity index (χ4n) is 1.38. The molecule has 0 aliphatic rings. The lowest BCUT2D eigenvalue weighted by Gasteiger charge is -2.03. The third-order valence-electron chi connectivity index (χ3n) is 2.68. The smallest absolute Gasteiger partial charge is 0.475 e. The highest BCUT2D eigenvalue weighted by Crippen LogP contribution is 2.13. The van der Waals surface area contributed by atoms with Gasteiger partial charge in [-0.15, -0.1) is 5.10 Å². The Labute approximate surface area is 128 Å². The number of alkyl halides is 3. The lowest BCUT2D eigenvalue weighted by molar-refractivity contribution is -0.192. The van der Waals surface area contributed by atoms with E-state index >= 15 is 0 Å². The molecule has 122 valence electrons. The van der Waals surface area contributed by atoms with E-state index in [0.29, 0.717) is 17.9 Å². The Morgan fingerprint density at radius 3 is 2.26 bits per heavy atom. The summed E-state index contributed by atoms with van der Waals surface area (Å²) >= 11 is 0. The predicted molar refractivity (Wildman–Crippen MR) is 73.1 cm³/mol. The van der Waals surface area contributed by atoms with E-state index in [4.69, 9.17) is 20.9 Å². The van der Waals surface area contributed by atoms with Gasteiger partial charge in [0.2, 0.25) is 0 Å². The van der Waals surface area contributed by atoms with E-state index in [9.17, 15) is 13.2 Å². The number of aliphatic carboxylic acids is 1. The van der Waals surface area contributed by atoms with Crippen LogP contribution in [0.25, 0.3) is 0 Å². The molecular weight excluding hydrogens is 315 g/mol. The SMILES string of the molecule is Cc1c(N)nnn1Cc1ccc(C#N)cc1.O=C(O)C(F)(F)F. The Morgan fingerprint density at radius 2 is 1.91 bits per heavy atom. The molecule has 0 bridgehead atoms. The molecule has 0 aliphatic carbocycles. The van der Waals surface area contributed by atoms with Crippen LogP contribution >= 0.6 is 0 Å². The van der Waals surface area contributed by atoms with Gasteiger partial charge in [0.05, 0.1) is 23.9 Å². The average Bonchev–Trinajstić information content (AvgIpc) is 2.80. The molecule has 0 saturated heterocycles. The van der Waals surface area contributed by atoms with Crippen molar-refractivity contribution in [2.45, 2.75) is 19.6 Å². The summed E-state index contributed by atoms with van der Waals surface area (Å²) in [6.07, 6.45) is -5.08. The first kappa shape index (κ1) is 18.0. The Hall–Kier alpha value is -3.09. The maximum absolute atomic E-state index is 10.6. The summed E-state index contributed by atoms with van der Waals surface area (Å²) in [7, 11) is 0. The summed E-state index contributed by atoms with van der Waals surface area (Å²) in [4.78, 5) is 8.90. The predicted octanol–water partition coefficient (Wildman–Crippen LogP) is 1.72. The number of nitrogen functional groups attached to an aromatic ring is 1. The molecule has 0 spiro atoms. The van der Waals surface area contributed by atoms with Crippen LogP contribution in [0.15, 0.2) is 24.3 Å². The normalized spacial score (nSPS) is 10.4. The molecule has 7 nitrogen and oxygen atoms in total. The van der Waals surface area contributed by atoms with Crippen molar-refractivity contribution in [1.29, 1.82) is 5.26 Å². The number of halogens is 3. The quantitative estimate of drug-likeness (QED) is 0.867. The van der Waals surface area contributed by atoms with E-state index in [1.165, 1.54) is 0 Å². The van der Waals surface area contributed by atoms with E-state index in [-0.39, 0.29) is 0 Å². The van der Waals surface area contributed by atoms with Crippen LogP contribution in [-0.4, -0.2) is 32.2 Å². The van der Waals surface area contributed by atoms with Crippen molar-refractivity contribution in [3.8, 4) is 6.07 Å². The van der Waals surface area contributed by atoms with Crippen LogP contribution in [0.3, 0.4) is 0 Å². The van der Waals surface area contributed by atoms with Crippen LogP contribution < -0.4 is 5.73 Å². The third kappa shape index (κ3) is 5.31. The molecular formula is C13H12F3N5O2. The number of carboxylic acids is 1. The lowest BCUT2D eigenvalue weighted by atomic mass is 10.1. The molecule has 2 rings (SSSR count). The molecule has 0 amide bonds. The topological polar surface area (TPSA) is 118 Å². The second-order valence-electron chi connectivity index (χ2n) is 4.33. The zero-order valence-electron chi connectivity index (χ0n) is 11.9. The largest absolute Gasteiger partial charge is 0.490 e. The fraction of sp³-hybridized carbons (Fsp3) is 0.231. The van der Waals surface area contributed by atoms with Crippen molar-refractivity contribution >= 4 is 11.8 Å². The van der Waals surface area contributed by atoms with Gasteiger partial charge < -0.3 is 10.8 Å². The van der Waals surface area contributed by atoms with Crippen molar-refractivity contribution in [2.75, 3.05) is 5.73 Å². The highest BCUT2D eigenvalue weighted by Gasteiger charge is 2.38. The highest BCUT2D eigenvalue weighted by atomic mass is 19.4. The number of aromatic nitrogens is 3. The number of carbonyl (C=O) groups is 1. The number of nitrogens with zero attached hydrogens (tertiary/aromatic N) is 4. The third-order valence-corrected chi connectivity index (χ3v) is 2.68. The molecule has 1 aromatic carbocycles. The Kier molecular flexibility index (Phi) is 5.67. The maximum Gasteiger partial charge on any atom is 0.490 e. The van der Waals surface area contributed by atoms with E-state index < -0.39 is 12.1 Å². The summed E-state index contributed by atoms with van der Waals surface area (Å²) in [6.45, 7) is 2.49.